The third-order valence-electron chi connectivity index (χ3n) is 3.89. The Morgan fingerprint density at radius 3 is 3.14 bits per heavy atom. The van der Waals surface area contributed by atoms with Gasteiger partial charge in [-0.3, -0.25) is 5.32 Å². The number of nitrogens with one attached hydrogen (secondary N) is 1. The molecule has 2 rings (SSSR count). The molecule has 0 bridgehead atoms. The zero-order valence-electron chi connectivity index (χ0n) is 12.2. The van der Waals surface area contributed by atoms with Crippen LogP contribution in [0.5, 0.6) is 5.75 Å². The molecule has 1 aliphatic rings. The van der Waals surface area contributed by atoms with Crippen molar-refractivity contribution in [1.82, 2.24) is 5.32 Å². The molecule has 1 aromatic rings. The lowest BCUT2D eigenvalue weighted by Gasteiger charge is -2.34. The van der Waals surface area contributed by atoms with Gasteiger partial charge in [0.1, 0.15) is 11.3 Å². The summed E-state index contributed by atoms with van der Waals surface area (Å²) >= 11 is 0. The van der Waals surface area contributed by atoms with Crippen molar-refractivity contribution in [2.75, 3.05) is 20.2 Å². The maximum Gasteiger partial charge on any atom is 0.132 e. The van der Waals surface area contributed by atoms with Crippen LogP contribution in [0.15, 0.2) is 23.3 Å². The van der Waals surface area contributed by atoms with Crippen LogP contribution in [0, 0.1) is 11.3 Å². The first-order chi connectivity index (χ1) is 10.3. The lowest BCUT2D eigenvalue weighted by atomic mass is 9.77. The molecule has 110 valence electrons. The highest BCUT2D eigenvalue weighted by molar-refractivity contribution is 5.45. The lowest BCUT2D eigenvalue weighted by molar-refractivity contribution is 0.362. The topological polar surface area (TPSA) is 93.8 Å². The van der Waals surface area contributed by atoms with Gasteiger partial charge in [-0.1, -0.05) is 11.2 Å². The first kappa shape index (κ1) is 15.2. The second kappa shape index (κ2) is 6.98. The maximum absolute atomic E-state index is 9.69. The molecule has 0 amide bonds. The van der Waals surface area contributed by atoms with Crippen molar-refractivity contribution < 1.29 is 4.74 Å². The summed E-state index contributed by atoms with van der Waals surface area (Å²) in [6, 6.07) is 8.35. The van der Waals surface area contributed by atoms with Gasteiger partial charge in [-0.05, 0) is 61.0 Å². The van der Waals surface area contributed by atoms with E-state index in [1.54, 1.807) is 7.11 Å². The number of hydrogen-bond donors (Lipinski definition) is 1. The summed E-state index contributed by atoms with van der Waals surface area (Å²) < 4.78 is 5.26. The molecule has 1 atom stereocenters. The second-order valence-corrected chi connectivity index (χ2v) is 5.13. The monoisotopic (exact) mass is 285 g/mol. The molecule has 0 radical (unpaired) electrons. The zero-order chi connectivity index (χ0) is 15.1. The van der Waals surface area contributed by atoms with E-state index in [-0.39, 0.29) is 0 Å². The molecule has 1 aliphatic carbocycles. The average Bonchev–Trinajstić information content (AvgIpc) is 2.54. The fraction of sp³-hybridized carbons (Fsp3) is 0.533. The second-order valence-electron chi connectivity index (χ2n) is 5.13. The third-order valence-corrected chi connectivity index (χ3v) is 3.89. The van der Waals surface area contributed by atoms with Gasteiger partial charge in [0.05, 0.1) is 13.2 Å². The number of aryl methyl sites for hydroxylation is 1. The Balaban J connectivity index is 2.17. The first-order valence-corrected chi connectivity index (χ1v) is 7.10. The van der Waals surface area contributed by atoms with Crippen LogP contribution >= 0.6 is 0 Å². The van der Waals surface area contributed by atoms with Crippen molar-refractivity contribution >= 4 is 0 Å². The van der Waals surface area contributed by atoms with Crippen molar-refractivity contribution in [2.45, 2.75) is 31.2 Å². The Kier molecular flexibility index (Phi) is 5.04. The van der Waals surface area contributed by atoms with Gasteiger partial charge in [-0.25, -0.2) is 0 Å². The summed E-state index contributed by atoms with van der Waals surface area (Å²) in [4.78, 5) is 2.73. The minimum atomic E-state index is -0.643. The van der Waals surface area contributed by atoms with E-state index in [2.05, 4.69) is 21.4 Å². The van der Waals surface area contributed by atoms with Crippen LogP contribution in [0.1, 0.15) is 30.4 Å². The molecule has 1 unspecified atom stereocenters. The van der Waals surface area contributed by atoms with Crippen LogP contribution in [0.25, 0.3) is 10.4 Å². The zero-order valence-corrected chi connectivity index (χ0v) is 12.2. The fourth-order valence-corrected chi connectivity index (χ4v) is 2.83. The molecule has 0 spiro atoms. The van der Waals surface area contributed by atoms with Crippen LogP contribution in [0.4, 0.5) is 0 Å². The van der Waals surface area contributed by atoms with Crippen molar-refractivity contribution in [3.8, 4) is 11.8 Å². The van der Waals surface area contributed by atoms with E-state index < -0.39 is 5.54 Å². The van der Waals surface area contributed by atoms with Gasteiger partial charge in [0.2, 0.25) is 0 Å². The summed E-state index contributed by atoms with van der Waals surface area (Å²) in [5.74, 6) is 0.825. The molecule has 0 saturated carbocycles. The normalized spacial score (nSPS) is 20.0. The van der Waals surface area contributed by atoms with E-state index in [4.69, 9.17) is 10.3 Å². The number of ether oxygens (including phenoxy) is 1. The van der Waals surface area contributed by atoms with E-state index in [9.17, 15) is 5.26 Å². The minimum Gasteiger partial charge on any atom is -0.497 e. The number of benzene rings is 1. The van der Waals surface area contributed by atoms with E-state index >= 15 is 0 Å². The lowest BCUT2D eigenvalue weighted by Crippen LogP contribution is -2.44. The molecule has 21 heavy (non-hydrogen) atoms. The Labute approximate surface area is 124 Å². The summed E-state index contributed by atoms with van der Waals surface area (Å²) in [6.07, 6.45) is 3.46. The van der Waals surface area contributed by atoms with E-state index in [0.717, 1.165) is 37.0 Å². The molecular formula is C15H19N5O. The van der Waals surface area contributed by atoms with Gasteiger partial charge in [0.25, 0.3) is 0 Å². The summed E-state index contributed by atoms with van der Waals surface area (Å²) in [5.41, 5.74) is 9.84. The predicted molar refractivity (Wildman–Crippen MR) is 79.9 cm³/mol. The van der Waals surface area contributed by atoms with Gasteiger partial charge in [0, 0.05) is 11.5 Å². The molecule has 0 fully saturated rings. The summed E-state index contributed by atoms with van der Waals surface area (Å²) in [5, 5.41) is 16.6. The molecule has 6 heteroatoms. The molecule has 0 heterocycles. The van der Waals surface area contributed by atoms with E-state index in [1.807, 2.05) is 18.2 Å². The largest absolute Gasteiger partial charge is 0.497 e. The Hall–Kier alpha value is -2.22. The number of nitriles is 1. The van der Waals surface area contributed by atoms with Gasteiger partial charge in [-0.2, -0.15) is 5.26 Å². The number of methoxy groups -OCH3 is 1. The van der Waals surface area contributed by atoms with Crippen molar-refractivity contribution in [3.63, 3.8) is 0 Å². The van der Waals surface area contributed by atoms with Gasteiger partial charge in [-0.15, -0.1) is 0 Å². The highest BCUT2D eigenvalue weighted by atomic mass is 16.5. The highest BCUT2D eigenvalue weighted by Gasteiger charge is 2.36. The van der Waals surface area contributed by atoms with Gasteiger partial charge < -0.3 is 4.74 Å². The van der Waals surface area contributed by atoms with Crippen molar-refractivity contribution in [3.05, 3.63) is 39.8 Å². The molecular weight excluding hydrogens is 266 g/mol. The number of nitrogens with zero attached hydrogens (tertiary/aromatic N) is 4. The van der Waals surface area contributed by atoms with Crippen molar-refractivity contribution in [1.29, 1.82) is 5.26 Å². The standard InChI is InChI=1S/C15H19N5O/c1-21-13-5-6-14-12(10-13)4-2-7-15(14,11-16)18-8-3-9-19-20-17/h5-6,10,18H,2-4,7-9H2,1H3. The molecule has 6 nitrogen and oxygen atoms in total. The van der Waals surface area contributed by atoms with Crippen LogP contribution in [-0.4, -0.2) is 20.2 Å². The van der Waals surface area contributed by atoms with Crippen molar-refractivity contribution in [2.24, 2.45) is 5.11 Å². The van der Waals surface area contributed by atoms with Crippen LogP contribution in [0.2, 0.25) is 0 Å². The Bertz CT molecular complexity index is 588. The molecule has 1 N–H and O–H groups in total. The smallest absolute Gasteiger partial charge is 0.132 e. The molecule has 0 saturated heterocycles. The Morgan fingerprint density at radius 2 is 2.43 bits per heavy atom. The first-order valence-electron chi connectivity index (χ1n) is 7.10. The van der Waals surface area contributed by atoms with E-state index in [1.165, 1.54) is 5.56 Å². The third kappa shape index (κ3) is 3.27. The van der Waals surface area contributed by atoms with E-state index in [0.29, 0.717) is 13.1 Å². The van der Waals surface area contributed by atoms with Gasteiger partial charge >= 0.3 is 0 Å². The highest BCUT2D eigenvalue weighted by Crippen LogP contribution is 2.36. The maximum atomic E-state index is 9.69. The summed E-state index contributed by atoms with van der Waals surface area (Å²) in [7, 11) is 1.65. The van der Waals surface area contributed by atoms with Gasteiger partial charge in [0.15, 0.2) is 0 Å². The summed E-state index contributed by atoms with van der Waals surface area (Å²) in [6.45, 7) is 1.10. The quantitative estimate of drug-likeness (QED) is 0.376. The fourth-order valence-electron chi connectivity index (χ4n) is 2.83. The minimum absolute atomic E-state index is 0.445. The van der Waals surface area contributed by atoms with Crippen LogP contribution in [-0.2, 0) is 12.0 Å². The molecule has 1 aromatic carbocycles. The molecule has 0 aliphatic heterocycles. The number of rotatable bonds is 6. The number of fused-ring (bicyclic) bond motifs is 1. The number of azide groups is 1. The SMILES string of the molecule is COc1ccc2c(c1)CCCC2(C#N)NCCCN=[N+]=[N-]. The predicted octanol–water partition coefficient (Wildman–Crippen LogP) is 3.04. The average molecular weight is 285 g/mol. The number of hydrogen-bond acceptors (Lipinski definition) is 4. The van der Waals surface area contributed by atoms with Crippen LogP contribution in [0.3, 0.4) is 0 Å². The Morgan fingerprint density at radius 1 is 1.57 bits per heavy atom. The van der Waals surface area contributed by atoms with Crippen LogP contribution < -0.4 is 10.1 Å². The molecule has 0 aromatic heterocycles.